The van der Waals surface area contributed by atoms with E-state index in [0.717, 1.165) is 36.6 Å². The predicted octanol–water partition coefficient (Wildman–Crippen LogP) is 5.93. The highest BCUT2D eigenvalue weighted by Gasteiger charge is 2.49. The fraction of sp³-hybridized carbons (Fsp3) is 0.393. The molecule has 4 nitrogen and oxygen atoms in total. The van der Waals surface area contributed by atoms with Crippen LogP contribution in [0.2, 0.25) is 0 Å². The van der Waals surface area contributed by atoms with Gasteiger partial charge >= 0.3 is 0 Å². The molecule has 4 atom stereocenters. The average Bonchev–Trinajstić information content (AvgIpc) is 3.39. The molecule has 0 aliphatic heterocycles. The third kappa shape index (κ3) is 3.99. The maximum absolute atomic E-state index is 13.9. The average molecular weight is 442 g/mol. The Labute approximate surface area is 194 Å². The smallest absolute Gasteiger partial charge is 0.231 e. The number of carbonyl (C=O) groups excluding carboxylic acids is 1. The summed E-state index contributed by atoms with van der Waals surface area (Å²) in [5.74, 6) is 4.78. The topological polar surface area (TPSA) is 54.9 Å². The summed E-state index contributed by atoms with van der Waals surface area (Å²) in [4.78, 5) is 21.8. The second-order valence-corrected chi connectivity index (χ2v) is 10.2. The van der Waals surface area contributed by atoms with E-state index in [1.54, 1.807) is 30.5 Å². The number of amides is 1. The molecule has 3 aromatic rings. The van der Waals surface area contributed by atoms with E-state index in [1.165, 1.54) is 11.6 Å². The van der Waals surface area contributed by atoms with Gasteiger partial charge in [0.1, 0.15) is 11.6 Å². The second kappa shape index (κ2) is 8.26. The number of hydrogen-bond donors (Lipinski definition) is 1. The SMILES string of the molecule is C#Cc1ccc(NC(=O)C(C)(C)C2CC3CC(c4ccnc5ccc(F)cc45)C[C@@H]3C2)nc1. The molecule has 0 saturated heterocycles. The summed E-state index contributed by atoms with van der Waals surface area (Å²) in [7, 11) is 0. The Bertz CT molecular complexity index is 1230. The fourth-order valence-electron chi connectivity index (χ4n) is 5.97. The van der Waals surface area contributed by atoms with Gasteiger partial charge < -0.3 is 5.32 Å². The third-order valence-electron chi connectivity index (χ3n) is 7.97. The molecule has 0 bridgehead atoms. The first-order valence-corrected chi connectivity index (χ1v) is 11.6. The largest absolute Gasteiger partial charge is 0.310 e. The van der Waals surface area contributed by atoms with E-state index >= 15 is 0 Å². The number of carbonyl (C=O) groups is 1. The van der Waals surface area contributed by atoms with Gasteiger partial charge in [0, 0.05) is 28.8 Å². The molecule has 5 heteroatoms. The van der Waals surface area contributed by atoms with Gasteiger partial charge in [0.25, 0.3) is 0 Å². The van der Waals surface area contributed by atoms with Gasteiger partial charge in [-0.2, -0.15) is 0 Å². The highest BCUT2D eigenvalue weighted by atomic mass is 19.1. The molecule has 2 aliphatic carbocycles. The molecular formula is C28H28FN3O. The predicted molar refractivity (Wildman–Crippen MR) is 128 cm³/mol. The summed E-state index contributed by atoms with van der Waals surface area (Å²) >= 11 is 0. The van der Waals surface area contributed by atoms with Crippen LogP contribution in [0.25, 0.3) is 10.9 Å². The van der Waals surface area contributed by atoms with Crippen molar-refractivity contribution in [1.82, 2.24) is 9.97 Å². The molecular weight excluding hydrogens is 413 g/mol. The van der Waals surface area contributed by atoms with Crippen molar-refractivity contribution in [2.24, 2.45) is 23.2 Å². The molecule has 2 saturated carbocycles. The van der Waals surface area contributed by atoms with Gasteiger partial charge in [-0.15, -0.1) is 6.42 Å². The van der Waals surface area contributed by atoms with Crippen LogP contribution in [0.3, 0.4) is 0 Å². The third-order valence-corrected chi connectivity index (χ3v) is 7.97. The summed E-state index contributed by atoms with van der Waals surface area (Å²) in [6.45, 7) is 4.08. The Kier molecular flexibility index (Phi) is 5.40. The molecule has 2 aromatic heterocycles. The number of nitrogens with one attached hydrogen (secondary N) is 1. The number of hydrogen-bond acceptors (Lipinski definition) is 3. The summed E-state index contributed by atoms with van der Waals surface area (Å²) in [5, 5.41) is 3.91. The lowest BCUT2D eigenvalue weighted by molar-refractivity contribution is -0.126. The number of rotatable bonds is 4. The number of nitrogens with zero attached hydrogens (tertiary/aromatic N) is 2. The molecule has 168 valence electrons. The molecule has 0 spiro atoms. The van der Waals surface area contributed by atoms with Crippen LogP contribution < -0.4 is 5.32 Å². The van der Waals surface area contributed by atoms with Gasteiger partial charge in [0.15, 0.2) is 0 Å². The first-order valence-electron chi connectivity index (χ1n) is 11.6. The van der Waals surface area contributed by atoms with Gasteiger partial charge in [0.2, 0.25) is 5.91 Å². The van der Waals surface area contributed by atoms with Crippen molar-refractivity contribution in [1.29, 1.82) is 0 Å². The zero-order valence-corrected chi connectivity index (χ0v) is 19.0. The van der Waals surface area contributed by atoms with E-state index in [0.29, 0.717) is 35.1 Å². The zero-order chi connectivity index (χ0) is 23.2. The number of terminal acetylenes is 1. The van der Waals surface area contributed by atoms with Gasteiger partial charge in [-0.3, -0.25) is 9.78 Å². The lowest BCUT2D eigenvalue weighted by atomic mass is 9.75. The molecule has 3 unspecified atom stereocenters. The quantitative estimate of drug-likeness (QED) is 0.510. The van der Waals surface area contributed by atoms with Crippen molar-refractivity contribution in [2.75, 3.05) is 5.32 Å². The van der Waals surface area contributed by atoms with Crippen LogP contribution in [-0.2, 0) is 4.79 Å². The standard InChI is InChI=1S/C28H28FN3O/c1-4-17-5-8-26(31-16-17)32-27(33)28(2,3)21-13-18-11-20(12-19(18)14-21)23-9-10-30-25-7-6-22(29)15-24(23)25/h1,5-10,15-16,18-21H,11-14H2,2-3H3,(H,31,32,33)/t18-,19?,20?,21?/m1/s1. The van der Waals surface area contributed by atoms with Crippen LogP contribution in [0.15, 0.2) is 48.8 Å². The number of benzene rings is 1. The normalized spacial score (nSPS) is 24.4. The lowest BCUT2D eigenvalue weighted by Crippen LogP contribution is -2.37. The van der Waals surface area contributed by atoms with Crippen molar-refractivity contribution in [3.8, 4) is 12.3 Å². The number of pyridine rings is 2. The Morgan fingerprint density at radius 2 is 1.85 bits per heavy atom. The Hall–Kier alpha value is -3.26. The fourth-order valence-corrected chi connectivity index (χ4v) is 5.97. The van der Waals surface area contributed by atoms with Crippen LogP contribution in [0.5, 0.6) is 0 Å². The molecule has 1 aromatic carbocycles. The van der Waals surface area contributed by atoms with Gasteiger partial charge in [0.05, 0.1) is 5.52 Å². The molecule has 2 heterocycles. The minimum atomic E-state index is -0.487. The molecule has 2 aliphatic rings. The van der Waals surface area contributed by atoms with E-state index in [4.69, 9.17) is 6.42 Å². The first kappa shape index (κ1) is 21.6. The number of fused-ring (bicyclic) bond motifs is 2. The Morgan fingerprint density at radius 1 is 1.09 bits per heavy atom. The Balaban J connectivity index is 1.27. The molecule has 33 heavy (non-hydrogen) atoms. The molecule has 0 radical (unpaired) electrons. The Morgan fingerprint density at radius 3 is 2.52 bits per heavy atom. The maximum Gasteiger partial charge on any atom is 0.231 e. The van der Waals surface area contributed by atoms with Crippen molar-refractivity contribution in [3.63, 3.8) is 0 Å². The number of anilines is 1. The van der Waals surface area contributed by atoms with E-state index in [1.807, 2.05) is 20.0 Å². The van der Waals surface area contributed by atoms with Crippen molar-refractivity contribution >= 4 is 22.6 Å². The molecule has 1 amide bonds. The van der Waals surface area contributed by atoms with Crippen molar-refractivity contribution in [3.05, 3.63) is 65.7 Å². The van der Waals surface area contributed by atoms with Gasteiger partial charge in [-0.25, -0.2) is 9.37 Å². The zero-order valence-electron chi connectivity index (χ0n) is 19.0. The summed E-state index contributed by atoms with van der Waals surface area (Å²) in [5.41, 5.74) is 2.27. The highest BCUT2D eigenvalue weighted by molar-refractivity contribution is 5.94. The van der Waals surface area contributed by atoms with Crippen LogP contribution in [-0.4, -0.2) is 15.9 Å². The maximum atomic E-state index is 13.9. The van der Waals surface area contributed by atoms with Crippen molar-refractivity contribution < 1.29 is 9.18 Å². The van der Waals surface area contributed by atoms with Gasteiger partial charge in [-0.1, -0.05) is 19.8 Å². The van der Waals surface area contributed by atoms with E-state index in [9.17, 15) is 9.18 Å². The van der Waals surface area contributed by atoms with Crippen LogP contribution in [0.1, 0.15) is 56.6 Å². The summed E-state index contributed by atoms with van der Waals surface area (Å²) in [6, 6.07) is 10.4. The summed E-state index contributed by atoms with van der Waals surface area (Å²) < 4.78 is 13.9. The summed E-state index contributed by atoms with van der Waals surface area (Å²) in [6.07, 6.45) is 13.1. The molecule has 5 rings (SSSR count). The highest BCUT2D eigenvalue weighted by Crippen LogP contribution is 2.56. The minimum Gasteiger partial charge on any atom is -0.310 e. The van der Waals surface area contributed by atoms with Crippen molar-refractivity contribution in [2.45, 2.75) is 45.4 Å². The van der Waals surface area contributed by atoms with E-state index in [-0.39, 0.29) is 11.7 Å². The number of aromatic nitrogens is 2. The van der Waals surface area contributed by atoms with E-state index < -0.39 is 5.41 Å². The molecule has 2 fully saturated rings. The van der Waals surface area contributed by atoms with Gasteiger partial charge in [-0.05, 0) is 91.3 Å². The lowest BCUT2D eigenvalue weighted by Gasteiger charge is -2.31. The monoisotopic (exact) mass is 441 g/mol. The minimum absolute atomic E-state index is 0.000541. The van der Waals surface area contributed by atoms with E-state index in [2.05, 4.69) is 27.3 Å². The molecule has 1 N–H and O–H groups in total. The second-order valence-electron chi connectivity index (χ2n) is 10.2. The van der Waals surface area contributed by atoms with Crippen LogP contribution >= 0.6 is 0 Å². The number of halogens is 1. The van der Waals surface area contributed by atoms with Crippen LogP contribution in [0.4, 0.5) is 10.2 Å². The first-order chi connectivity index (χ1) is 15.8. The van der Waals surface area contributed by atoms with Crippen LogP contribution in [0, 0.1) is 41.3 Å².